The number of hydrogen-bond donors (Lipinski definition) is 0. The van der Waals surface area contributed by atoms with Gasteiger partial charge in [0.05, 0.1) is 28.6 Å². The van der Waals surface area contributed by atoms with E-state index >= 15 is 0 Å². The lowest BCUT2D eigenvalue weighted by atomic mass is 10.3. The van der Waals surface area contributed by atoms with Crippen LogP contribution >= 0.6 is 23.2 Å². The first-order valence-corrected chi connectivity index (χ1v) is 7.58. The average Bonchev–Trinajstić information content (AvgIpc) is 2.77. The molecule has 0 fully saturated rings. The minimum Gasteiger partial charge on any atom is -0.321 e. The first kappa shape index (κ1) is 14.4. The Labute approximate surface area is 133 Å². The maximum absolute atomic E-state index is 6.28. The van der Waals surface area contributed by atoms with Gasteiger partial charge in [0, 0.05) is 10.7 Å². The van der Waals surface area contributed by atoms with Gasteiger partial charge in [0.1, 0.15) is 5.82 Å². The molecular weight excluding hydrogens is 305 g/mol. The van der Waals surface area contributed by atoms with Gasteiger partial charge in [-0.3, -0.25) is 4.98 Å². The first-order chi connectivity index (χ1) is 10.0. The van der Waals surface area contributed by atoms with E-state index in [1.807, 2.05) is 50.2 Å². The molecule has 0 saturated heterocycles. The lowest BCUT2D eigenvalue weighted by Gasteiger charge is -2.10. The minimum absolute atomic E-state index is 0.180. The molecule has 0 aliphatic heterocycles. The standard InChI is InChI=1S/C16H15Cl2N3/c1-10-4-3-5-13(19-10)9-21-15-8-12(18)6-7-14(15)20-16(21)11(2)17/h3-8,11H,9H2,1-2H3. The van der Waals surface area contributed by atoms with Crippen LogP contribution in [-0.2, 0) is 6.54 Å². The van der Waals surface area contributed by atoms with Crippen molar-refractivity contribution in [2.45, 2.75) is 25.8 Å². The van der Waals surface area contributed by atoms with Gasteiger partial charge in [-0.25, -0.2) is 4.98 Å². The molecule has 3 rings (SSSR count). The predicted octanol–water partition coefficient (Wildman–Crippen LogP) is 4.74. The summed E-state index contributed by atoms with van der Waals surface area (Å²) in [5.74, 6) is 0.831. The normalized spacial score (nSPS) is 12.8. The molecule has 3 aromatic rings. The Hall–Kier alpha value is -1.58. The third kappa shape index (κ3) is 2.89. The lowest BCUT2D eigenvalue weighted by molar-refractivity contribution is 0.725. The summed E-state index contributed by atoms with van der Waals surface area (Å²) in [5, 5.41) is 0.510. The van der Waals surface area contributed by atoms with Gasteiger partial charge < -0.3 is 4.57 Å². The Bertz CT molecular complexity index is 793. The van der Waals surface area contributed by atoms with Crippen LogP contribution in [0.5, 0.6) is 0 Å². The Balaban J connectivity index is 2.14. The highest BCUT2D eigenvalue weighted by Gasteiger charge is 2.15. The van der Waals surface area contributed by atoms with E-state index in [-0.39, 0.29) is 5.38 Å². The molecule has 3 nitrogen and oxygen atoms in total. The molecule has 2 heterocycles. The number of hydrogen-bond acceptors (Lipinski definition) is 2. The molecule has 2 aromatic heterocycles. The number of nitrogens with zero attached hydrogens (tertiary/aromatic N) is 3. The Morgan fingerprint density at radius 2 is 2.00 bits per heavy atom. The van der Waals surface area contributed by atoms with Crippen LogP contribution in [0.15, 0.2) is 36.4 Å². The van der Waals surface area contributed by atoms with E-state index in [4.69, 9.17) is 23.2 Å². The fourth-order valence-corrected chi connectivity index (χ4v) is 2.77. The molecule has 108 valence electrons. The van der Waals surface area contributed by atoms with Crippen molar-refractivity contribution in [2.75, 3.05) is 0 Å². The quantitative estimate of drug-likeness (QED) is 0.653. The topological polar surface area (TPSA) is 30.7 Å². The lowest BCUT2D eigenvalue weighted by Crippen LogP contribution is -2.07. The number of fused-ring (bicyclic) bond motifs is 1. The zero-order valence-corrected chi connectivity index (χ0v) is 13.4. The minimum atomic E-state index is -0.180. The number of aromatic nitrogens is 3. The maximum Gasteiger partial charge on any atom is 0.128 e. The maximum atomic E-state index is 6.28. The van der Waals surface area contributed by atoms with Gasteiger partial charge in [0.2, 0.25) is 0 Å². The summed E-state index contributed by atoms with van der Waals surface area (Å²) in [5.41, 5.74) is 3.85. The third-order valence-corrected chi connectivity index (χ3v) is 3.79. The van der Waals surface area contributed by atoms with Gasteiger partial charge in [-0.2, -0.15) is 0 Å². The number of rotatable bonds is 3. The molecule has 1 unspecified atom stereocenters. The molecule has 5 heteroatoms. The average molecular weight is 320 g/mol. The SMILES string of the molecule is Cc1cccc(Cn2c(C(C)Cl)nc3ccc(Cl)cc32)n1. The van der Waals surface area contributed by atoms with E-state index in [1.165, 1.54) is 0 Å². The zero-order chi connectivity index (χ0) is 15.0. The van der Waals surface area contributed by atoms with Crippen molar-refractivity contribution in [3.63, 3.8) is 0 Å². The molecular formula is C16H15Cl2N3. The van der Waals surface area contributed by atoms with E-state index in [0.29, 0.717) is 11.6 Å². The molecule has 0 radical (unpaired) electrons. The second-order valence-corrected chi connectivity index (χ2v) is 6.17. The molecule has 0 aliphatic rings. The molecule has 21 heavy (non-hydrogen) atoms. The Kier molecular flexibility index (Phi) is 3.87. The highest BCUT2D eigenvalue weighted by Crippen LogP contribution is 2.27. The van der Waals surface area contributed by atoms with Gasteiger partial charge in [-0.05, 0) is 44.2 Å². The fraction of sp³-hybridized carbons (Fsp3) is 0.250. The van der Waals surface area contributed by atoms with E-state index in [9.17, 15) is 0 Å². The number of aryl methyl sites for hydroxylation is 1. The van der Waals surface area contributed by atoms with Crippen molar-refractivity contribution in [3.8, 4) is 0 Å². The summed E-state index contributed by atoms with van der Waals surface area (Å²) in [6, 6.07) is 11.7. The summed E-state index contributed by atoms with van der Waals surface area (Å²) >= 11 is 12.4. The zero-order valence-electron chi connectivity index (χ0n) is 11.8. The van der Waals surface area contributed by atoms with Crippen LogP contribution in [-0.4, -0.2) is 14.5 Å². The van der Waals surface area contributed by atoms with Crippen LogP contribution in [0.2, 0.25) is 5.02 Å². The van der Waals surface area contributed by atoms with Gasteiger partial charge in [0.25, 0.3) is 0 Å². The summed E-state index contributed by atoms with van der Waals surface area (Å²) < 4.78 is 2.08. The molecule has 1 atom stereocenters. The van der Waals surface area contributed by atoms with E-state index in [2.05, 4.69) is 14.5 Å². The predicted molar refractivity (Wildman–Crippen MR) is 87.1 cm³/mol. The van der Waals surface area contributed by atoms with Crippen LogP contribution in [0.3, 0.4) is 0 Å². The molecule has 0 N–H and O–H groups in total. The Morgan fingerprint density at radius 3 is 2.71 bits per heavy atom. The molecule has 0 amide bonds. The highest BCUT2D eigenvalue weighted by atomic mass is 35.5. The molecule has 0 spiro atoms. The second kappa shape index (κ2) is 5.66. The second-order valence-electron chi connectivity index (χ2n) is 5.08. The molecule has 0 bridgehead atoms. The highest BCUT2D eigenvalue weighted by molar-refractivity contribution is 6.31. The van der Waals surface area contributed by atoms with Gasteiger partial charge >= 0.3 is 0 Å². The van der Waals surface area contributed by atoms with Crippen LogP contribution in [0.1, 0.15) is 29.5 Å². The number of imidazole rings is 1. The summed E-state index contributed by atoms with van der Waals surface area (Å²) in [4.78, 5) is 9.17. The number of benzene rings is 1. The van der Waals surface area contributed by atoms with Gasteiger partial charge in [-0.15, -0.1) is 11.6 Å². The van der Waals surface area contributed by atoms with Gasteiger partial charge in [0.15, 0.2) is 0 Å². The monoisotopic (exact) mass is 319 g/mol. The van der Waals surface area contributed by atoms with Crippen LogP contribution < -0.4 is 0 Å². The largest absolute Gasteiger partial charge is 0.321 e. The fourth-order valence-electron chi connectivity index (χ4n) is 2.43. The molecule has 1 aromatic carbocycles. The number of halogens is 2. The van der Waals surface area contributed by atoms with Crippen molar-refractivity contribution < 1.29 is 0 Å². The van der Waals surface area contributed by atoms with Crippen LogP contribution in [0.4, 0.5) is 0 Å². The molecule has 0 saturated carbocycles. The number of alkyl halides is 1. The molecule has 0 aliphatic carbocycles. The van der Waals surface area contributed by atoms with Crippen molar-refractivity contribution in [2.24, 2.45) is 0 Å². The summed E-state index contributed by atoms with van der Waals surface area (Å²) in [6.07, 6.45) is 0. The van der Waals surface area contributed by atoms with Gasteiger partial charge in [-0.1, -0.05) is 17.7 Å². The third-order valence-electron chi connectivity index (χ3n) is 3.36. The van der Waals surface area contributed by atoms with E-state index < -0.39 is 0 Å². The summed E-state index contributed by atoms with van der Waals surface area (Å²) in [7, 11) is 0. The van der Waals surface area contributed by atoms with E-state index in [1.54, 1.807) is 0 Å². The smallest absolute Gasteiger partial charge is 0.128 e. The van der Waals surface area contributed by atoms with Crippen molar-refractivity contribution in [1.82, 2.24) is 14.5 Å². The number of pyridine rings is 1. The van der Waals surface area contributed by atoms with E-state index in [0.717, 1.165) is 28.2 Å². The van der Waals surface area contributed by atoms with Crippen LogP contribution in [0.25, 0.3) is 11.0 Å². The first-order valence-electron chi connectivity index (χ1n) is 6.77. The van der Waals surface area contributed by atoms with Crippen molar-refractivity contribution in [3.05, 3.63) is 58.6 Å². The van der Waals surface area contributed by atoms with Crippen molar-refractivity contribution in [1.29, 1.82) is 0 Å². The van der Waals surface area contributed by atoms with Crippen molar-refractivity contribution >= 4 is 34.2 Å². The summed E-state index contributed by atoms with van der Waals surface area (Å²) in [6.45, 7) is 4.53. The van der Waals surface area contributed by atoms with Crippen LogP contribution in [0, 0.1) is 6.92 Å². The Morgan fingerprint density at radius 1 is 1.19 bits per heavy atom.